The summed E-state index contributed by atoms with van der Waals surface area (Å²) in [5, 5.41) is 3.63. The van der Waals surface area contributed by atoms with Crippen LogP contribution < -0.4 is 15.8 Å². The van der Waals surface area contributed by atoms with Crippen LogP contribution in [0.2, 0.25) is 5.02 Å². The van der Waals surface area contributed by atoms with Gasteiger partial charge in [0.05, 0.1) is 12.1 Å². The Balaban J connectivity index is 1.43. The van der Waals surface area contributed by atoms with Crippen LogP contribution in [0.3, 0.4) is 0 Å². The van der Waals surface area contributed by atoms with Crippen LogP contribution in [-0.2, 0) is 6.42 Å². The number of guanidine groups is 1. The third-order valence-corrected chi connectivity index (χ3v) is 5.17. The van der Waals surface area contributed by atoms with Crippen molar-refractivity contribution in [2.75, 3.05) is 38.6 Å². The van der Waals surface area contributed by atoms with E-state index in [2.05, 4.69) is 45.5 Å². The molecule has 0 spiro atoms. The molecule has 1 aliphatic rings. The van der Waals surface area contributed by atoms with Gasteiger partial charge in [-0.2, -0.15) is 0 Å². The van der Waals surface area contributed by atoms with Gasteiger partial charge in [-0.3, -0.25) is 4.99 Å². The quantitative estimate of drug-likeness (QED) is 0.563. The molecule has 3 rings (SSSR count). The Labute approximate surface area is 166 Å². The summed E-state index contributed by atoms with van der Waals surface area (Å²) in [6, 6.07) is 16.1. The van der Waals surface area contributed by atoms with Gasteiger partial charge >= 0.3 is 0 Å². The number of ether oxygens (including phenoxy) is 1. The third-order valence-electron chi connectivity index (χ3n) is 4.87. The Kier molecular flexibility index (Phi) is 6.96. The van der Waals surface area contributed by atoms with Crippen LogP contribution in [0, 0.1) is 5.92 Å². The standard InChI is InChI=1S/C21H27ClN4O/c1-27-20-8-7-18(13-19(20)22)25-21(23)24-14-17-10-12-26(15-17)11-9-16-5-3-2-4-6-16/h2-8,13,17H,9-12,14-15H2,1H3,(H3,23,24,25). The lowest BCUT2D eigenvalue weighted by atomic mass is 10.1. The number of nitrogens with two attached hydrogens (primary N) is 1. The van der Waals surface area contributed by atoms with Crippen LogP contribution in [0.1, 0.15) is 12.0 Å². The number of nitrogens with zero attached hydrogens (tertiary/aromatic N) is 2. The molecule has 0 aliphatic carbocycles. The Morgan fingerprint density at radius 3 is 2.85 bits per heavy atom. The van der Waals surface area contributed by atoms with Crippen molar-refractivity contribution in [2.45, 2.75) is 12.8 Å². The first kappa shape index (κ1) is 19.5. The topological polar surface area (TPSA) is 62.9 Å². The maximum atomic E-state index is 6.13. The highest BCUT2D eigenvalue weighted by Crippen LogP contribution is 2.27. The predicted octanol–water partition coefficient (Wildman–Crippen LogP) is 3.64. The van der Waals surface area contributed by atoms with Gasteiger partial charge in [0, 0.05) is 25.3 Å². The van der Waals surface area contributed by atoms with Gasteiger partial charge < -0.3 is 20.7 Å². The number of benzene rings is 2. The number of aliphatic imine (C=N–C) groups is 1. The van der Waals surface area contributed by atoms with E-state index in [9.17, 15) is 0 Å². The Morgan fingerprint density at radius 1 is 1.30 bits per heavy atom. The van der Waals surface area contributed by atoms with E-state index in [0.717, 1.165) is 38.3 Å². The zero-order valence-electron chi connectivity index (χ0n) is 15.7. The fraction of sp³-hybridized carbons (Fsp3) is 0.381. The van der Waals surface area contributed by atoms with Crippen molar-refractivity contribution < 1.29 is 4.74 Å². The number of nitrogens with one attached hydrogen (secondary N) is 1. The molecule has 0 radical (unpaired) electrons. The molecule has 1 fully saturated rings. The molecule has 27 heavy (non-hydrogen) atoms. The molecule has 0 saturated carbocycles. The van der Waals surface area contributed by atoms with E-state index in [1.807, 2.05) is 6.07 Å². The van der Waals surface area contributed by atoms with Gasteiger partial charge in [-0.05, 0) is 49.1 Å². The van der Waals surface area contributed by atoms with E-state index in [4.69, 9.17) is 22.1 Å². The van der Waals surface area contributed by atoms with Crippen molar-refractivity contribution in [3.63, 3.8) is 0 Å². The average Bonchev–Trinajstić information content (AvgIpc) is 3.14. The Hall–Kier alpha value is -2.24. The van der Waals surface area contributed by atoms with Crippen molar-refractivity contribution in [1.29, 1.82) is 0 Å². The highest BCUT2D eigenvalue weighted by Gasteiger charge is 2.21. The van der Waals surface area contributed by atoms with Gasteiger partial charge in [-0.1, -0.05) is 41.9 Å². The second kappa shape index (κ2) is 9.62. The molecule has 1 unspecified atom stereocenters. The first-order chi connectivity index (χ1) is 13.1. The molecule has 144 valence electrons. The molecule has 1 heterocycles. The number of hydrogen-bond acceptors (Lipinski definition) is 3. The molecular formula is C21H27ClN4O. The highest BCUT2D eigenvalue weighted by molar-refractivity contribution is 6.32. The van der Waals surface area contributed by atoms with Gasteiger partial charge in [0.25, 0.3) is 0 Å². The Bertz CT molecular complexity index is 766. The first-order valence-corrected chi connectivity index (χ1v) is 9.68. The molecule has 0 bridgehead atoms. The molecule has 1 atom stereocenters. The van der Waals surface area contributed by atoms with E-state index in [0.29, 0.717) is 22.6 Å². The molecule has 0 aromatic heterocycles. The number of hydrogen-bond donors (Lipinski definition) is 2. The zero-order chi connectivity index (χ0) is 19.1. The normalized spacial score (nSPS) is 17.9. The smallest absolute Gasteiger partial charge is 0.193 e. The summed E-state index contributed by atoms with van der Waals surface area (Å²) < 4.78 is 5.15. The molecule has 0 amide bonds. The second-order valence-corrected chi connectivity index (χ2v) is 7.30. The summed E-state index contributed by atoms with van der Waals surface area (Å²) in [4.78, 5) is 7.02. The fourth-order valence-corrected chi connectivity index (χ4v) is 3.61. The van der Waals surface area contributed by atoms with Crippen molar-refractivity contribution in [1.82, 2.24) is 4.90 Å². The number of anilines is 1. The maximum Gasteiger partial charge on any atom is 0.193 e. The SMILES string of the molecule is COc1ccc(NC(N)=NCC2CCN(CCc3ccccc3)C2)cc1Cl. The third kappa shape index (κ3) is 5.88. The van der Waals surface area contributed by atoms with Crippen molar-refractivity contribution >= 4 is 23.2 Å². The zero-order valence-corrected chi connectivity index (χ0v) is 16.5. The van der Waals surface area contributed by atoms with Crippen molar-refractivity contribution in [3.8, 4) is 5.75 Å². The predicted molar refractivity (Wildman–Crippen MR) is 113 cm³/mol. The minimum atomic E-state index is 0.416. The van der Waals surface area contributed by atoms with Crippen LogP contribution in [-0.4, -0.2) is 44.1 Å². The van der Waals surface area contributed by atoms with E-state index >= 15 is 0 Å². The molecule has 5 nitrogen and oxygen atoms in total. The lowest BCUT2D eigenvalue weighted by molar-refractivity contribution is 0.330. The fourth-order valence-electron chi connectivity index (χ4n) is 3.36. The maximum absolute atomic E-state index is 6.13. The molecular weight excluding hydrogens is 360 g/mol. The van der Waals surface area contributed by atoms with E-state index < -0.39 is 0 Å². The van der Waals surface area contributed by atoms with Crippen molar-refractivity contribution in [3.05, 3.63) is 59.1 Å². The highest BCUT2D eigenvalue weighted by atomic mass is 35.5. The van der Waals surface area contributed by atoms with Crippen LogP contribution in [0.15, 0.2) is 53.5 Å². The van der Waals surface area contributed by atoms with Crippen LogP contribution >= 0.6 is 11.6 Å². The molecule has 1 aliphatic heterocycles. The van der Waals surface area contributed by atoms with Crippen LogP contribution in [0.5, 0.6) is 5.75 Å². The van der Waals surface area contributed by atoms with E-state index in [1.54, 1.807) is 19.2 Å². The Morgan fingerprint density at radius 2 is 2.11 bits per heavy atom. The molecule has 2 aromatic carbocycles. The molecule has 1 saturated heterocycles. The monoisotopic (exact) mass is 386 g/mol. The van der Waals surface area contributed by atoms with Gasteiger partial charge in [-0.15, -0.1) is 0 Å². The van der Waals surface area contributed by atoms with Crippen LogP contribution in [0.25, 0.3) is 0 Å². The number of likely N-dealkylation sites (tertiary alicyclic amines) is 1. The minimum absolute atomic E-state index is 0.416. The molecule has 3 N–H and O–H groups in total. The lowest BCUT2D eigenvalue weighted by Gasteiger charge is -2.15. The van der Waals surface area contributed by atoms with Gasteiger partial charge in [0.2, 0.25) is 0 Å². The van der Waals surface area contributed by atoms with E-state index in [1.165, 1.54) is 12.0 Å². The molecule has 6 heteroatoms. The van der Waals surface area contributed by atoms with Crippen molar-refractivity contribution in [2.24, 2.45) is 16.6 Å². The summed E-state index contributed by atoms with van der Waals surface area (Å²) in [6.45, 7) is 4.05. The van der Waals surface area contributed by atoms with Crippen LogP contribution in [0.4, 0.5) is 5.69 Å². The number of halogens is 1. The average molecular weight is 387 g/mol. The van der Waals surface area contributed by atoms with Gasteiger partial charge in [0.1, 0.15) is 5.75 Å². The summed E-state index contributed by atoms with van der Waals surface area (Å²) >= 11 is 6.13. The second-order valence-electron chi connectivity index (χ2n) is 6.89. The first-order valence-electron chi connectivity index (χ1n) is 9.31. The minimum Gasteiger partial charge on any atom is -0.495 e. The molecule has 2 aromatic rings. The largest absolute Gasteiger partial charge is 0.495 e. The lowest BCUT2D eigenvalue weighted by Crippen LogP contribution is -2.26. The summed E-state index contributed by atoms with van der Waals surface area (Å²) in [6.07, 6.45) is 2.26. The summed E-state index contributed by atoms with van der Waals surface area (Å²) in [5.74, 6) is 1.61. The van der Waals surface area contributed by atoms with Gasteiger partial charge in [0.15, 0.2) is 5.96 Å². The van der Waals surface area contributed by atoms with Gasteiger partial charge in [-0.25, -0.2) is 0 Å². The van der Waals surface area contributed by atoms with E-state index in [-0.39, 0.29) is 0 Å². The summed E-state index contributed by atoms with van der Waals surface area (Å²) in [7, 11) is 1.59. The number of methoxy groups -OCH3 is 1. The number of rotatable bonds is 7. The summed E-state index contributed by atoms with van der Waals surface area (Å²) in [5.41, 5.74) is 8.22.